The average molecular weight is 386 g/mol. The number of anilines is 1. The molecule has 0 spiro atoms. The molecule has 1 aliphatic heterocycles. The van der Waals surface area contributed by atoms with Crippen LogP contribution in [0.2, 0.25) is 0 Å². The highest BCUT2D eigenvalue weighted by atomic mass is 32.1. The zero-order valence-corrected chi connectivity index (χ0v) is 16.9. The summed E-state index contributed by atoms with van der Waals surface area (Å²) in [4.78, 5) is 4.55. The van der Waals surface area contributed by atoms with Crippen molar-refractivity contribution in [2.24, 2.45) is 0 Å². The van der Waals surface area contributed by atoms with Gasteiger partial charge in [-0.15, -0.1) is 0 Å². The first-order valence-corrected chi connectivity index (χ1v) is 10.1. The molecule has 144 valence electrons. The standard InChI is InChI=1S/C22H28FN3S/c1-3-17(2)19-7-9-21(10-8-19)24-22(27)26-13-11-25(12-14-26)16-18-5-4-6-20(23)15-18/h4-10,15,17H,3,11-14,16H2,1-2H3,(H,24,27)/t17-/m0/s1. The van der Waals surface area contributed by atoms with Crippen molar-refractivity contribution >= 4 is 23.0 Å². The summed E-state index contributed by atoms with van der Waals surface area (Å²) in [6, 6.07) is 15.4. The lowest BCUT2D eigenvalue weighted by atomic mass is 9.99. The Balaban J connectivity index is 1.48. The Morgan fingerprint density at radius 2 is 1.81 bits per heavy atom. The van der Waals surface area contributed by atoms with Crippen LogP contribution in [0, 0.1) is 5.82 Å². The van der Waals surface area contributed by atoms with Gasteiger partial charge in [0.1, 0.15) is 5.82 Å². The fourth-order valence-electron chi connectivity index (χ4n) is 3.34. The van der Waals surface area contributed by atoms with Gasteiger partial charge in [0, 0.05) is 38.4 Å². The second kappa shape index (κ2) is 9.29. The highest BCUT2D eigenvalue weighted by molar-refractivity contribution is 7.80. The summed E-state index contributed by atoms with van der Waals surface area (Å²) in [5, 5.41) is 4.13. The van der Waals surface area contributed by atoms with E-state index in [4.69, 9.17) is 12.2 Å². The molecule has 0 saturated carbocycles. The van der Waals surface area contributed by atoms with Gasteiger partial charge in [0.2, 0.25) is 0 Å². The molecule has 1 saturated heterocycles. The molecule has 0 aromatic heterocycles. The Bertz CT molecular complexity index is 754. The zero-order valence-electron chi connectivity index (χ0n) is 16.1. The summed E-state index contributed by atoms with van der Waals surface area (Å²) in [6.07, 6.45) is 1.14. The lowest BCUT2D eigenvalue weighted by Gasteiger charge is -2.36. The highest BCUT2D eigenvalue weighted by Crippen LogP contribution is 2.21. The third-order valence-corrected chi connectivity index (χ3v) is 5.66. The lowest BCUT2D eigenvalue weighted by molar-refractivity contribution is 0.177. The molecule has 0 bridgehead atoms. The van der Waals surface area contributed by atoms with Gasteiger partial charge in [0.25, 0.3) is 0 Å². The van der Waals surface area contributed by atoms with Crippen molar-refractivity contribution in [3.63, 3.8) is 0 Å². The van der Waals surface area contributed by atoms with E-state index in [-0.39, 0.29) is 5.82 Å². The predicted molar refractivity (Wildman–Crippen MR) is 115 cm³/mol. The van der Waals surface area contributed by atoms with Crippen molar-refractivity contribution < 1.29 is 4.39 Å². The van der Waals surface area contributed by atoms with Crippen molar-refractivity contribution in [1.82, 2.24) is 9.80 Å². The summed E-state index contributed by atoms with van der Waals surface area (Å²) < 4.78 is 13.3. The second-order valence-corrected chi connectivity index (χ2v) is 7.64. The van der Waals surface area contributed by atoms with Crippen LogP contribution in [0.1, 0.15) is 37.3 Å². The summed E-state index contributed by atoms with van der Waals surface area (Å²) in [5.74, 6) is 0.410. The second-order valence-electron chi connectivity index (χ2n) is 7.25. The monoisotopic (exact) mass is 385 g/mol. The van der Waals surface area contributed by atoms with Gasteiger partial charge in [-0.1, -0.05) is 38.1 Å². The summed E-state index contributed by atoms with van der Waals surface area (Å²) in [5.41, 5.74) is 3.42. The van der Waals surface area contributed by atoms with Crippen LogP contribution in [0.5, 0.6) is 0 Å². The quantitative estimate of drug-likeness (QED) is 0.741. The van der Waals surface area contributed by atoms with Crippen LogP contribution in [0.25, 0.3) is 0 Å². The molecule has 3 nitrogen and oxygen atoms in total. The van der Waals surface area contributed by atoms with E-state index in [0.717, 1.165) is 55.5 Å². The van der Waals surface area contributed by atoms with Gasteiger partial charge in [-0.2, -0.15) is 0 Å². The van der Waals surface area contributed by atoms with Gasteiger partial charge in [0.05, 0.1) is 0 Å². The van der Waals surface area contributed by atoms with E-state index in [1.165, 1.54) is 11.6 Å². The fourth-order valence-corrected chi connectivity index (χ4v) is 3.64. The molecule has 2 aromatic carbocycles. The summed E-state index contributed by atoms with van der Waals surface area (Å²) in [6.45, 7) is 8.84. The number of hydrogen-bond acceptors (Lipinski definition) is 2. The number of thiocarbonyl (C=S) groups is 1. The number of nitrogens with one attached hydrogen (secondary N) is 1. The van der Waals surface area contributed by atoms with Crippen molar-refractivity contribution in [2.45, 2.75) is 32.7 Å². The van der Waals surface area contributed by atoms with Gasteiger partial charge in [0.15, 0.2) is 5.11 Å². The van der Waals surface area contributed by atoms with E-state index in [1.807, 2.05) is 6.07 Å². The molecular weight excluding hydrogens is 357 g/mol. The molecule has 5 heteroatoms. The van der Waals surface area contributed by atoms with Crippen LogP contribution in [-0.4, -0.2) is 41.1 Å². The summed E-state index contributed by atoms with van der Waals surface area (Å²) >= 11 is 5.60. The Morgan fingerprint density at radius 3 is 2.44 bits per heavy atom. The van der Waals surface area contributed by atoms with E-state index in [0.29, 0.717) is 5.92 Å². The Hall–Kier alpha value is -1.98. The van der Waals surface area contributed by atoms with Crippen molar-refractivity contribution in [3.8, 4) is 0 Å². The Kier molecular flexibility index (Phi) is 6.80. The molecule has 0 radical (unpaired) electrons. The normalized spacial score (nSPS) is 16.2. The fraction of sp³-hybridized carbons (Fsp3) is 0.409. The van der Waals surface area contributed by atoms with Crippen molar-refractivity contribution in [2.75, 3.05) is 31.5 Å². The van der Waals surface area contributed by atoms with Gasteiger partial charge >= 0.3 is 0 Å². The molecule has 1 aliphatic rings. The van der Waals surface area contributed by atoms with Crippen LogP contribution in [-0.2, 0) is 6.54 Å². The topological polar surface area (TPSA) is 18.5 Å². The van der Waals surface area contributed by atoms with E-state index >= 15 is 0 Å². The molecule has 0 aliphatic carbocycles. The summed E-state index contributed by atoms with van der Waals surface area (Å²) in [7, 11) is 0. The largest absolute Gasteiger partial charge is 0.346 e. The predicted octanol–water partition coefficient (Wildman–Crippen LogP) is 4.85. The first-order chi connectivity index (χ1) is 13.0. The van der Waals surface area contributed by atoms with Gasteiger partial charge < -0.3 is 10.2 Å². The molecule has 1 fully saturated rings. The highest BCUT2D eigenvalue weighted by Gasteiger charge is 2.19. The maximum atomic E-state index is 13.3. The van der Waals surface area contributed by atoms with Crippen molar-refractivity contribution in [1.29, 1.82) is 0 Å². The number of rotatable bonds is 5. The maximum absolute atomic E-state index is 13.3. The van der Waals surface area contributed by atoms with Gasteiger partial charge in [-0.25, -0.2) is 4.39 Å². The van der Waals surface area contributed by atoms with E-state index in [9.17, 15) is 4.39 Å². The van der Waals surface area contributed by atoms with Crippen LogP contribution in [0.3, 0.4) is 0 Å². The Labute approximate surface area is 167 Å². The third-order valence-electron chi connectivity index (χ3n) is 5.30. The van der Waals surface area contributed by atoms with E-state index in [2.05, 4.69) is 53.2 Å². The minimum atomic E-state index is -0.170. The first kappa shape index (κ1) is 19.8. The van der Waals surface area contributed by atoms with E-state index < -0.39 is 0 Å². The third kappa shape index (κ3) is 5.50. The number of piperazine rings is 1. The number of hydrogen-bond donors (Lipinski definition) is 1. The number of benzene rings is 2. The van der Waals surface area contributed by atoms with Gasteiger partial charge in [-0.05, 0) is 59.9 Å². The molecule has 1 atom stereocenters. The smallest absolute Gasteiger partial charge is 0.173 e. The SMILES string of the molecule is CC[C@H](C)c1ccc(NC(=S)N2CCN(Cc3cccc(F)c3)CC2)cc1. The molecule has 0 amide bonds. The van der Waals surface area contributed by atoms with Crippen LogP contribution >= 0.6 is 12.2 Å². The van der Waals surface area contributed by atoms with Crippen LogP contribution < -0.4 is 5.32 Å². The number of halogens is 1. The van der Waals surface area contributed by atoms with Crippen molar-refractivity contribution in [3.05, 3.63) is 65.5 Å². The lowest BCUT2D eigenvalue weighted by Crippen LogP contribution is -2.49. The molecule has 2 aromatic rings. The molecule has 3 rings (SSSR count). The van der Waals surface area contributed by atoms with Crippen LogP contribution in [0.4, 0.5) is 10.1 Å². The molecule has 1 N–H and O–H groups in total. The molecule has 0 unspecified atom stereocenters. The maximum Gasteiger partial charge on any atom is 0.173 e. The minimum Gasteiger partial charge on any atom is -0.346 e. The number of nitrogens with zero attached hydrogens (tertiary/aromatic N) is 2. The molecule has 1 heterocycles. The van der Waals surface area contributed by atoms with Crippen LogP contribution in [0.15, 0.2) is 48.5 Å². The molecule has 27 heavy (non-hydrogen) atoms. The minimum absolute atomic E-state index is 0.170. The van der Waals surface area contributed by atoms with E-state index in [1.54, 1.807) is 12.1 Å². The molecular formula is C22H28FN3S. The zero-order chi connectivity index (χ0) is 19.2. The van der Waals surface area contributed by atoms with Gasteiger partial charge in [-0.3, -0.25) is 4.90 Å². The first-order valence-electron chi connectivity index (χ1n) is 9.68. The Morgan fingerprint density at radius 1 is 1.11 bits per heavy atom. The average Bonchev–Trinajstić information content (AvgIpc) is 2.68.